The zero-order valence-electron chi connectivity index (χ0n) is 16.3. The predicted octanol–water partition coefficient (Wildman–Crippen LogP) is 3.05. The number of fused-ring (bicyclic) bond motifs is 1. The molecule has 146 valence electrons. The highest BCUT2D eigenvalue weighted by molar-refractivity contribution is 5.78. The lowest BCUT2D eigenvalue weighted by molar-refractivity contribution is 0.0523. The minimum atomic E-state index is -0.530. The minimum absolute atomic E-state index is 0.278. The number of hydrogen-bond acceptors (Lipinski definition) is 6. The van der Waals surface area contributed by atoms with E-state index >= 15 is 0 Å². The Balaban J connectivity index is 1.50. The number of pyridine rings is 2. The Morgan fingerprint density at radius 2 is 2.04 bits per heavy atom. The van der Waals surface area contributed by atoms with Crippen molar-refractivity contribution in [2.45, 2.75) is 39.3 Å². The van der Waals surface area contributed by atoms with Gasteiger partial charge in [0.15, 0.2) is 5.82 Å². The van der Waals surface area contributed by atoms with Crippen molar-refractivity contribution >= 4 is 22.8 Å². The van der Waals surface area contributed by atoms with Crippen molar-refractivity contribution in [3.8, 4) is 5.82 Å². The molecule has 1 amide bonds. The summed E-state index contributed by atoms with van der Waals surface area (Å²) < 4.78 is 7.01. The number of ether oxygens (including phenoxy) is 1. The number of rotatable bonds is 4. The number of hydrogen-bond donors (Lipinski definition) is 1. The summed E-state index contributed by atoms with van der Waals surface area (Å²) >= 11 is 0. The molecule has 1 aliphatic rings. The van der Waals surface area contributed by atoms with E-state index in [9.17, 15) is 4.79 Å². The van der Waals surface area contributed by atoms with Crippen LogP contribution in [0.5, 0.6) is 0 Å². The van der Waals surface area contributed by atoms with Crippen LogP contribution in [0.1, 0.15) is 32.9 Å². The van der Waals surface area contributed by atoms with E-state index in [1.165, 1.54) is 6.42 Å². The van der Waals surface area contributed by atoms with E-state index in [4.69, 9.17) is 9.72 Å². The molecule has 4 rings (SSSR count). The van der Waals surface area contributed by atoms with E-state index in [0.717, 1.165) is 35.6 Å². The maximum Gasteiger partial charge on any atom is 0.407 e. The summed E-state index contributed by atoms with van der Waals surface area (Å²) in [5.74, 6) is 1.75. The average molecular weight is 380 g/mol. The van der Waals surface area contributed by atoms with E-state index in [-0.39, 0.29) is 6.54 Å². The number of nitrogens with one attached hydrogen (secondary N) is 1. The number of anilines is 1. The quantitative estimate of drug-likeness (QED) is 0.749. The van der Waals surface area contributed by atoms with Crippen LogP contribution in [0.3, 0.4) is 0 Å². The lowest BCUT2D eigenvalue weighted by atomic mass is 10.2. The molecule has 4 heterocycles. The van der Waals surface area contributed by atoms with Crippen LogP contribution in [-0.2, 0) is 11.3 Å². The van der Waals surface area contributed by atoms with E-state index in [1.54, 1.807) is 10.9 Å². The molecule has 1 fully saturated rings. The summed E-state index contributed by atoms with van der Waals surface area (Å²) in [7, 11) is 0. The van der Waals surface area contributed by atoms with Gasteiger partial charge in [-0.2, -0.15) is 5.10 Å². The normalized spacial score (nSPS) is 14.0. The second-order valence-corrected chi connectivity index (χ2v) is 7.86. The molecular weight excluding hydrogens is 356 g/mol. The summed E-state index contributed by atoms with van der Waals surface area (Å²) in [5, 5.41) is 8.26. The second kappa shape index (κ2) is 7.10. The van der Waals surface area contributed by atoms with Crippen molar-refractivity contribution in [2.75, 3.05) is 18.0 Å². The van der Waals surface area contributed by atoms with Gasteiger partial charge in [0.2, 0.25) is 0 Å². The zero-order valence-corrected chi connectivity index (χ0v) is 16.3. The van der Waals surface area contributed by atoms with Gasteiger partial charge in [-0.3, -0.25) is 4.98 Å². The van der Waals surface area contributed by atoms with Gasteiger partial charge in [-0.25, -0.2) is 14.5 Å². The maximum absolute atomic E-state index is 11.8. The van der Waals surface area contributed by atoms with Crippen LogP contribution in [0.2, 0.25) is 0 Å². The highest BCUT2D eigenvalue weighted by Gasteiger charge is 2.17. The van der Waals surface area contributed by atoms with E-state index < -0.39 is 11.7 Å². The molecule has 0 saturated carbocycles. The summed E-state index contributed by atoms with van der Waals surface area (Å²) in [5.41, 5.74) is 0.982. The van der Waals surface area contributed by atoms with Crippen molar-refractivity contribution in [3.05, 3.63) is 42.4 Å². The van der Waals surface area contributed by atoms with E-state index in [1.807, 2.05) is 51.2 Å². The Morgan fingerprint density at radius 1 is 1.25 bits per heavy atom. The molecule has 8 nitrogen and oxygen atoms in total. The second-order valence-electron chi connectivity index (χ2n) is 7.86. The summed E-state index contributed by atoms with van der Waals surface area (Å²) in [6.07, 6.45) is 4.41. The Labute approximate surface area is 163 Å². The lowest BCUT2D eigenvalue weighted by Gasteiger charge is -2.32. The summed E-state index contributed by atoms with van der Waals surface area (Å²) in [6, 6.07) is 7.82. The monoisotopic (exact) mass is 380 g/mol. The Hall–Kier alpha value is -3.16. The van der Waals surface area contributed by atoms with Gasteiger partial charge in [0.1, 0.15) is 11.4 Å². The Bertz CT molecular complexity index is 1000. The number of carbonyl (C=O) groups is 1. The molecule has 1 saturated heterocycles. The number of amides is 1. The molecule has 8 heteroatoms. The van der Waals surface area contributed by atoms with Crippen LogP contribution in [0.15, 0.2) is 36.7 Å². The summed E-state index contributed by atoms with van der Waals surface area (Å²) in [6.45, 7) is 7.86. The first kappa shape index (κ1) is 18.2. The van der Waals surface area contributed by atoms with Gasteiger partial charge in [0.25, 0.3) is 0 Å². The van der Waals surface area contributed by atoms with Crippen LogP contribution in [0.4, 0.5) is 10.6 Å². The third-order valence-electron chi connectivity index (χ3n) is 4.39. The smallest absolute Gasteiger partial charge is 0.407 e. The average Bonchev–Trinajstić information content (AvgIpc) is 3.00. The van der Waals surface area contributed by atoms with Crippen molar-refractivity contribution in [3.63, 3.8) is 0 Å². The third kappa shape index (κ3) is 4.05. The first-order valence-electron chi connectivity index (χ1n) is 9.41. The molecule has 1 N–H and O–H groups in total. The summed E-state index contributed by atoms with van der Waals surface area (Å²) in [4.78, 5) is 23.2. The molecule has 0 atom stereocenters. The van der Waals surface area contributed by atoms with Crippen LogP contribution < -0.4 is 10.2 Å². The first-order valence-corrected chi connectivity index (χ1v) is 9.41. The fourth-order valence-corrected chi connectivity index (χ4v) is 2.91. The van der Waals surface area contributed by atoms with Gasteiger partial charge >= 0.3 is 6.09 Å². The standard InChI is InChI=1S/C20H24N6O2/c1-20(2,3)28-19(27)22-12-15-10-16-14(11-21-15)13-26(24-16)18-7-4-6-17(23-18)25-8-5-9-25/h4,6-7,10-11,13H,5,8-9,12H2,1-3H3,(H,22,27). The molecule has 0 aliphatic carbocycles. The number of aromatic nitrogens is 4. The van der Waals surface area contributed by atoms with E-state index in [2.05, 4.69) is 20.3 Å². The molecule has 3 aromatic heterocycles. The zero-order chi connectivity index (χ0) is 19.7. The first-order chi connectivity index (χ1) is 13.4. The van der Waals surface area contributed by atoms with Crippen LogP contribution in [0, 0.1) is 0 Å². The predicted molar refractivity (Wildman–Crippen MR) is 107 cm³/mol. The largest absolute Gasteiger partial charge is 0.444 e. The van der Waals surface area contributed by atoms with Gasteiger partial charge in [-0.1, -0.05) is 6.07 Å². The molecule has 0 unspecified atom stereocenters. The third-order valence-corrected chi connectivity index (χ3v) is 4.39. The SMILES string of the molecule is CC(C)(C)OC(=O)NCc1cc2nn(-c3cccc(N4CCC4)n3)cc2cn1. The minimum Gasteiger partial charge on any atom is -0.444 e. The molecule has 0 radical (unpaired) electrons. The lowest BCUT2D eigenvalue weighted by Crippen LogP contribution is -2.37. The van der Waals surface area contributed by atoms with Crippen molar-refractivity contribution in [2.24, 2.45) is 0 Å². The van der Waals surface area contributed by atoms with Gasteiger partial charge in [0.05, 0.1) is 17.8 Å². The van der Waals surface area contributed by atoms with Gasteiger partial charge < -0.3 is 15.0 Å². The molecule has 1 aliphatic heterocycles. The maximum atomic E-state index is 11.8. The molecule has 0 spiro atoms. The van der Waals surface area contributed by atoms with Gasteiger partial charge in [-0.05, 0) is 45.4 Å². The number of alkyl carbamates (subject to hydrolysis) is 1. The Morgan fingerprint density at radius 3 is 2.75 bits per heavy atom. The topological polar surface area (TPSA) is 85.2 Å². The molecule has 28 heavy (non-hydrogen) atoms. The number of nitrogens with zero attached hydrogens (tertiary/aromatic N) is 5. The van der Waals surface area contributed by atoms with Crippen LogP contribution in [-0.4, -0.2) is 44.5 Å². The molecule has 3 aromatic rings. The highest BCUT2D eigenvalue weighted by atomic mass is 16.6. The van der Waals surface area contributed by atoms with Gasteiger partial charge in [0, 0.05) is 30.9 Å². The van der Waals surface area contributed by atoms with Crippen molar-refractivity contribution in [1.82, 2.24) is 25.1 Å². The number of carbonyl (C=O) groups excluding carboxylic acids is 1. The van der Waals surface area contributed by atoms with Gasteiger partial charge in [-0.15, -0.1) is 0 Å². The van der Waals surface area contributed by atoms with Crippen molar-refractivity contribution in [1.29, 1.82) is 0 Å². The van der Waals surface area contributed by atoms with Crippen LogP contribution >= 0.6 is 0 Å². The van der Waals surface area contributed by atoms with Crippen molar-refractivity contribution < 1.29 is 9.53 Å². The molecule has 0 bridgehead atoms. The van der Waals surface area contributed by atoms with Crippen LogP contribution in [0.25, 0.3) is 16.7 Å². The Kier molecular flexibility index (Phi) is 4.62. The highest BCUT2D eigenvalue weighted by Crippen LogP contribution is 2.20. The van der Waals surface area contributed by atoms with E-state index in [0.29, 0.717) is 5.69 Å². The fraction of sp³-hybridized carbons (Fsp3) is 0.400. The molecule has 0 aromatic carbocycles. The molecular formula is C20H24N6O2. The fourth-order valence-electron chi connectivity index (χ4n) is 2.91.